The zero-order valence-corrected chi connectivity index (χ0v) is 11.7. The molecule has 0 amide bonds. The van der Waals surface area contributed by atoms with Gasteiger partial charge in [0.1, 0.15) is 5.25 Å². The first-order valence-corrected chi connectivity index (χ1v) is 8.64. The van der Waals surface area contributed by atoms with Crippen molar-refractivity contribution in [2.24, 2.45) is 0 Å². The van der Waals surface area contributed by atoms with E-state index < -0.39 is 15.1 Å². The molecule has 1 saturated heterocycles. The highest BCUT2D eigenvalue weighted by molar-refractivity contribution is 7.91. The van der Waals surface area contributed by atoms with E-state index in [1.807, 2.05) is 0 Å². The number of sulfone groups is 1. The van der Waals surface area contributed by atoms with E-state index in [0.717, 1.165) is 19.4 Å². The van der Waals surface area contributed by atoms with Gasteiger partial charge in [0, 0.05) is 19.0 Å². The fourth-order valence-corrected chi connectivity index (χ4v) is 4.22. The largest absolute Gasteiger partial charge is 0.424 e. The number of aromatic nitrogens is 2. The van der Waals surface area contributed by atoms with Crippen molar-refractivity contribution in [2.75, 3.05) is 12.3 Å². The van der Waals surface area contributed by atoms with Gasteiger partial charge < -0.3 is 9.73 Å². The van der Waals surface area contributed by atoms with Crippen molar-refractivity contribution in [1.82, 2.24) is 15.5 Å². The van der Waals surface area contributed by atoms with Gasteiger partial charge in [-0.3, -0.25) is 0 Å². The Balaban J connectivity index is 1.62. The Morgan fingerprint density at radius 3 is 2.79 bits per heavy atom. The van der Waals surface area contributed by atoms with E-state index in [-0.39, 0.29) is 11.6 Å². The summed E-state index contributed by atoms with van der Waals surface area (Å²) >= 11 is 0. The minimum Gasteiger partial charge on any atom is -0.424 e. The lowest BCUT2D eigenvalue weighted by Crippen LogP contribution is -2.21. The lowest BCUT2D eigenvalue weighted by molar-refractivity contribution is 0.420. The first kappa shape index (κ1) is 13.1. The highest BCUT2D eigenvalue weighted by Gasteiger charge is 2.34. The second-order valence-corrected chi connectivity index (χ2v) is 7.67. The summed E-state index contributed by atoms with van der Waals surface area (Å²) < 4.78 is 29.4. The summed E-state index contributed by atoms with van der Waals surface area (Å²) in [5.41, 5.74) is 0. The van der Waals surface area contributed by atoms with Crippen molar-refractivity contribution >= 4 is 9.84 Å². The van der Waals surface area contributed by atoms with Crippen LogP contribution in [0.4, 0.5) is 0 Å². The number of nitrogens with one attached hydrogen (secondary N) is 1. The summed E-state index contributed by atoms with van der Waals surface area (Å²) in [7, 11) is -3.10. The molecule has 2 heterocycles. The Morgan fingerprint density at radius 1 is 1.21 bits per heavy atom. The van der Waals surface area contributed by atoms with Gasteiger partial charge in [0.05, 0.1) is 5.75 Å². The van der Waals surface area contributed by atoms with Crippen LogP contribution in [0.15, 0.2) is 4.42 Å². The Morgan fingerprint density at radius 2 is 2.05 bits per heavy atom. The average molecular weight is 285 g/mol. The second kappa shape index (κ2) is 5.20. The van der Waals surface area contributed by atoms with Gasteiger partial charge in [-0.15, -0.1) is 10.2 Å². The second-order valence-electron chi connectivity index (χ2n) is 5.36. The molecule has 2 fully saturated rings. The fourth-order valence-electron chi connectivity index (χ4n) is 2.40. The SMILES string of the molecule is O=S1(=O)CCCCC1c1nnc(CCNC2CC2)o1. The highest BCUT2D eigenvalue weighted by atomic mass is 32.2. The lowest BCUT2D eigenvalue weighted by atomic mass is 10.2. The Labute approximate surface area is 112 Å². The molecule has 2 aliphatic rings. The standard InChI is InChI=1S/C12H19N3O3S/c16-19(17)8-2-1-3-10(19)12-15-14-11(18-12)6-7-13-9-4-5-9/h9-10,13H,1-8H2. The molecular formula is C12H19N3O3S. The molecule has 0 radical (unpaired) electrons. The minimum atomic E-state index is -3.10. The molecule has 1 aromatic rings. The fraction of sp³-hybridized carbons (Fsp3) is 0.833. The molecule has 1 aliphatic carbocycles. The van der Waals surface area contributed by atoms with Crippen molar-refractivity contribution < 1.29 is 12.8 Å². The van der Waals surface area contributed by atoms with E-state index in [2.05, 4.69) is 15.5 Å². The van der Waals surface area contributed by atoms with Crippen LogP contribution in [0.5, 0.6) is 0 Å². The maximum absolute atomic E-state index is 12.0. The van der Waals surface area contributed by atoms with E-state index in [1.165, 1.54) is 12.8 Å². The first-order valence-electron chi connectivity index (χ1n) is 6.92. The first-order chi connectivity index (χ1) is 9.15. The van der Waals surface area contributed by atoms with Gasteiger partial charge in [-0.25, -0.2) is 8.42 Å². The smallest absolute Gasteiger partial charge is 0.234 e. The third-order valence-corrected chi connectivity index (χ3v) is 5.85. The van der Waals surface area contributed by atoms with Gasteiger partial charge in [-0.05, 0) is 25.7 Å². The predicted molar refractivity (Wildman–Crippen MR) is 69.4 cm³/mol. The topological polar surface area (TPSA) is 85.1 Å². The summed E-state index contributed by atoms with van der Waals surface area (Å²) in [6.07, 6.45) is 5.40. The number of hydrogen-bond donors (Lipinski definition) is 1. The lowest BCUT2D eigenvalue weighted by Gasteiger charge is -2.18. The van der Waals surface area contributed by atoms with Crippen molar-refractivity contribution in [3.8, 4) is 0 Å². The van der Waals surface area contributed by atoms with Crippen molar-refractivity contribution in [3.63, 3.8) is 0 Å². The number of rotatable bonds is 5. The monoisotopic (exact) mass is 285 g/mol. The summed E-state index contributed by atoms with van der Waals surface area (Å²) in [4.78, 5) is 0. The summed E-state index contributed by atoms with van der Waals surface area (Å²) in [5.74, 6) is 1.04. The van der Waals surface area contributed by atoms with Gasteiger partial charge in [0.15, 0.2) is 9.84 Å². The van der Waals surface area contributed by atoms with Gasteiger partial charge in [-0.2, -0.15) is 0 Å². The predicted octanol–water partition coefficient (Wildman–Crippen LogP) is 1.00. The number of hydrogen-bond acceptors (Lipinski definition) is 6. The number of nitrogens with zero attached hydrogens (tertiary/aromatic N) is 2. The van der Waals surface area contributed by atoms with E-state index in [9.17, 15) is 8.42 Å². The maximum Gasteiger partial charge on any atom is 0.234 e. The molecule has 1 saturated carbocycles. The molecule has 0 aromatic carbocycles. The third-order valence-electron chi connectivity index (χ3n) is 3.69. The van der Waals surface area contributed by atoms with E-state index in [1.54, 1.807) is 0 Å². The Kier molecular flexibility index (Phi) is 3.58. The molecule has 1 aromatic heterocycles. The van der Waals surface area contributed by atoms with E-state index >= 15 is 0 Å². The molecule has 6 nitrogen and oxygen atoms in total. The molecular weight excluding hydrogens is 266 g/mol. The Hall–Kier alpha value is -0.950. The molecule has 106 valence electrons. The van der Waals surface area contributed by atoms with Crippen LogP contribution in [0.2, 0.25) is 0 Å². The molecule has 1 unspecified atom stereocenters. The van der Waals surface area contributed by atoms with Crippen molar-refractivity contribution in [3.05, 3.63) is 11.8 Å². The summed E-state index contributed by atoms with van der Waals surface area (Å²) in [6, 6.07) is 0.654. The van der Waals surface area contributed by atoms with Crippen LogP contribution in [-0.2, 0) is 16.3 Å². The van der Waals surface area contributed by atoms with Crippen LogP contribution in [0.1, 0.15) is 49.1 Å². The van der Waals surface area contributed by atoms with Crippen LogP contribution in [-0.4, -0.2) is 37.0 Å². The van der Waals surface area contributed by atoms with Crippen LogP contribution in [0.3, 0.4) is 0 Å². The molecule has 0 bridgehead atoms. The third kappa shape index (κ3) is 3.14. The summed E-state index contributed by atoms with van der Waals surface area (Å²) in [6.45, 7) is 0.809. The van der Waals surface area contributed by atoms with Crippen LogP contribution in [0.25, 0.3) is 0 Å². The van der Waals surface area contributed by atoms with Gasteiger partial charge in [-0.1, -0.05) is 6.42 Å². The highest BCUT2D eigenvalue weighted by Crippen LogP contribution is 2.32. The molecule has 0 spiro atoms. The van der Waals surface area contributed by atoms with Crippen molar-refractivity contribution in [2.45, 2.75) is 49.8 Å². The normalized spacial score (nSPS) is 26.4. The van der Waals surface area contributed by atoms with Crippen molar-refractivity contribution in [1.29, 1.82) is 0 Å². The quantitative estimate of drug-likeness (QED) is 0.869. The molecule has 1 N–H and O–H groups in total. The summed E-state index contributed by atoms with van der Waals surface area (Å²) in [5, 5.41) is 10.7. The van der Waals surface area contributed by atoms with Gasteiger partial charge in [0.2, 0.25) is 11.8 Å². The van der Waals surface area contributed by atoms with E-state index in [4.69, 9.17) is 4.42 Å². The zero-order chi connectivity index (χ0) is 13.3. The average Bonchev–Trinajstić information content (AvgIpc) is 3.07. The van der Waals surface area contributed by atoms with Gasteiger partial charge in [0.25, 0.3) is 0 Å². The van der Waals surface area contributed by atoms with Crippen LogP contribution in [0, 0.1) is 0 Å². The van der Waals surface area contributed by atoms with Gasteiger partial charge >= 0.3 is 0 Å². The van der Waals surface area contributed by atoms with Crippen LogP contribution < -0.4 is 5.32 Å². The molecule has 19 heavy (non-hydrogen) atoms. The molecule has 3 rings (SSSR count). The zero-order valence-electron chi connectivity index (χ0n) is 10.8. The molecule has 7 heteroatoms. The molecule has 1 atom stereocenters. The van der Waals surface area contributed by atoms with E-state index in [0.29, 0.717) is 24.8 Å². The minimum absolute atomic E-state index is 0.235. The van der Waals surface area contributed by atoms with Crippen LogP contribution >= 0.6 is 0 Å². The maximum atomic E-state index is 12.0. The molecule has 1 aliphatic heterocycles. The Bertz CT molecular complexity index is 536.